The van der Waals surface area contributed by atoms with E-state index in [-0.39, 0.29) is 18.1 Å². The van der Waals surface area contributed by atoms with Crippen molar-refractivity contribution in [1.29, 1.82) is 0 Å². The van der Waals surface area contributed by atoms with Crippen molar-refractivity contribution < 1.29 is 41.0 Å². The summed E-state index contributed by atoms with van der Waals surface area (Å²) in [5.74, 6) is -6.67. The molecule has 0 radical (unpaired) electrons. The van der Waals surface area contributed by atoms with E-state index >= 15 is 0 Å². The van der Waals surface area contributed by atoms with Gasteiger partial charge in [-0.1, -0.05) is 0 Å². The topological polar surface area (TPSA) is 77.8 Å². The number of furan rings is 1. The number of carbonyl (C=O) groups excluding carboxylic acids is 2. The lowest BCUT2D eigenvalue weighted by molar-refractivity contribution is -0.119. The summed E-state index contributed by atoms with van der Waals surface area (Å²) in [5.41, 5.74) is -0.604. The molecule has 3 aromatic rings. The van der Waals surface area contributed by atoms with Gasteiger partial charge in [-0.05, 0) is 48.5 Å². The van der Waals surface area contributed by atoms with E-state index in [1.165, 1.54) is 36.4 Å². The third kappa shape index (κ3) is 5.16. The minimum atomic E-state index is -1.74. The van der Waals surface area contributed by atoms with Crippen LogP contribution < -0.4 is 10.1 Å². The number of esters is 1. The fraction of sp³-hybridized carbons (Fsp3) is 0.100. The van der Waals surface area contributed by atoms with E-state index in [0.717, 1.165) is 6.07 Å². The molecule has 0 saturated carbocycles. The van der Waals surface area contributed by atoms with E-state index in [0.29, 0.717) is 11.8 Å². The van der Waals surface area contributed by atoms with Crippen molar-refractivity contribution in [3.63, 3.8) is 0 Å². The van der Waals surface area contributed by atoms with Gasteiger partial charge < -0.3 is 19.2 Å². The van der Waals surface area contributed by atoms with Gasteiger partial charge in [-0.25, -0.2) is 22.4 Å². The van der Waals surface area contributed by atoms with Gasteiger partial charge >= 0.3 is 5.97 Å². The molecule has 0 aliphatic carbocycles. The minimum absolute atomic E-state index is 0.0468. The van der Waals surface area contributed by atoms with Crippen LogP contribution in [0.15, 0.2) is 52.9 Å². The average molecular weight is 423 g/mol. The summed E-state index contributed by atoms with van der Waals surface area (Å²) in [6.07, 6.45) is 0. The number of hydrogen-bond acceptors (Lipinski definition) is 5. The van der Waals surface area contributed by atoms with Gasteiger partial charge in [0.2, 0.25) is 5.76 Å². The second kappa shape index (κ2) is 9.12. The zero-order valence-electron chi connectivity index (χ0n) is 15.1. The zero-order valence-corrected chi connectivity index (χ0v) is 15.1. The Hall–Kier alpha value is -3.82. The van der Waals surface area contributed by atoms with Gasteiger partial charge in [-0.3, -0.25) is 4.79 Å². The number of ether oxygens (including phenoxy) is 2. The monoisotopic (exact) mass is 423 g/mol. The summed E-state index contributed by atoms with van der Waals surface area (Å²) >= 11 is 0. The molecular formula is C20H13F4NO5. The molecule has 0 aliphatic heterocycles. The molecule has 30 heavy (non-hydrogen) atoms. The Bertz CT molecular complexity index is 1070. The normalized spacial score (nSPS) is 10.5. The van der Waals surface area contributed by atoms with Crippen molar-refractivity contribution in [3.8, 4) is 5.75 Å². The SMILES string of the molecule is O=C(COC(=O)c1ccc(COc2ccc(F)cc2)o1)Nc1ccc(F)c(F)c1F. The van der Waals surface area contributed by atoms with Crippen LogP contribution in [-0.2, 0) is 16.1 Å². The maximum absolute atomic E-state index is 13.5. The summed E-state index contributed by atoms with van der Waals surface area (Å²) in [6.45, 7) is -0.867. The molecule has 0 spiro atoms. The van der Waals surface area contributed by atoms with Crippen molar-refractivity contribution >= 4 is 17.6 Å². The van der Waals surface area contributed by atoms with Crippen LogP contribution in [0.2, 0.25) is 0 Å². The second-order valence-corrected chi connectivity index (χ2v) is 5.86. The Morgan fingerprint density at radius 1 is 0.900 bits per heavy atom. The van der Waals surface area contributed by atoms with Crippen molar-refractivity contribution in [3.05, 3.63) is 83.3 Å². The molecule has 156 valence electrons. The summed E-state index contributed by atoms with van der Waals surface area (Å²) in [5, 5.41) is 1.96. The molecule has 6 nitrogen and oxygen atoms in total. The zero-order chi connectivity index (χ0) is 21.7. The third-order valence-corrected chi connectivity index (χ3v) is 3.70. The Kier molecular flexibility index (Phi) is 6.35. The molecule has 0 unspecified atom stereocenters. The van der Waals surface area contributed by atoms with Crippen molar-refractivity contribution in [2.75, 3.05) is 11.9 Å². The Balaban J connectivity index is 1.49. The lowest BCUT2D eigenvalue weighted by Crippen LogP contribution is -2.21. The van der Waals surface area contributed by atoms with E-state index in [2.05, 4.69) is 0 Å². The first-order valence-corrected chi connectivity index (χ1v) is 8.41. The lowest BCUT2D eigenvalue weighted by Gasteiger charge is -2.07. The maximum Gasteiger partial charge on any atom is 0.374 e. The highest BCUT2D eigenvalue weighted by atomic mass is 19.2. The first-order chi connectivity index (χ1) is 14.3. The average Bonchev–Trinajstić information content (AvgIpc) is 3.21. The Morgan fingerprint density at radius 2 is 1.63 bits per heavy atom. The predicted molar refractivity (Wildman–Crippen MR) is 94.7 cm³/mol. The molecule has 0 fully saturated rings. The molecule has 0 atom stereocenters. The molecule has 2 aromatic carbocycles. The van der Waals surface area contributed by atoms with Crippen LogP contribution in [0.25, 0.3) is 0 Å². The van der Waals surface area contributed by atoms with Crippen LogP contribution in [0.5, 0.6) is 5.75 Å². The molecule has 0 saturated heterocycles. The van der Waals surface area contributed by atoms with Crippen molar-refractivity contribution in [2.24, 2.45) is 0 Å². The second-order valence-electron chi connectivity index (χ2n) is 5.86. The number of benzene rings is 2. The summed E-state index contributed by atoms with van der Waals surface area (Å²) < 4.78 is 67.7. The Morgan fingerprint density at radius 3 is 2.37 bits per heavy atom. The van der Waals surface area contributed by atoms with E-state index in [4.69, 9.17) is 13.9 Å². The van der Waals surface area contributed by atoms with Crippen LogP contribution in [0, 0.1) is 23.3 Å². The van der Waals surface area contributed by atoms with Gasteiger partial charge in [0.1, 0.15) is 23.9 Å². The number of amides is 1. The van der Waals surface area contributed by atoms with Crippen LogP contribution in [0.1, 0.15) is 16.3 Å². The van der Waals surface area contributed by atoms with Crippen LogP contribution in [0.4, 0.5) is 23.2 Å². The molecular weight excluding hydrogens is 410 g/mol. The smallest absolute Gasteiger partial charge is 0.374 e. The van der Waals surface area contributed by atoms with Crippen LogP contribution >= 0.6 is 0 Å². The van der Waals surface area contributed by atoms with Gasteiger partial charge in [-0.15, -0.1) is 0 Å². The summed E-state index contributed by atoms with van der Waals surface area (Å²) in [7, 11) is 0. The predicted octanol–water partition coefficient (Wildman–Crippen LogP) is 4.21. The molecule has 0 aliphatic rings. The number of halogens is 4. The van der Waals surface area contributed by atoms with E-state index in [9.17, 15) is 27.2 Å². The van der Waals surface area contributed by atoms with Gasteiger partial charge in [0.25, 0.3) is 5.91 Å². The largest absolute Gasteiger partial charge is 0.486 e. The number of hydrogen-bond donors (Lipinski definition) is 1. The molecule has 1 amide bonds. The standard InChI is InChI=1S/C20H13F4NO5/c21-11-1-3-12(4-2-11)28-9-13-5-8-16(30-13)20(27)29-10-17(26)25-15-7-6-14(22)18(23)19(15)24/h1-8H,9-10H2,(H,25,26). The molecule has 1 aromatic heterocycles. The first-order valence-electron chi connectivity index (χ1n) is 8.41. The number of carbonyl (C=O) groups is 2. The highest BCUT2D eigenvalue weighted by molar-refractivity contribution is 5.94. The van der Waals surface area contributed by atoms with Crippen molar-refractivity contribution in [1.82, 2.24) is 0 Å². The Labute approximate surface area is 167 Å². The summed E-state index contributed by atoms with van der Waals surface area (Å²) in [6, 6.07) is 9.47. The first kappa shape index (κ1) is 20.9. The van der Waals surface area contributed by atoms with Gasteiger partial charge in [0, 0.05) is 0 Å². The molecule has 3 rings (SSSR count). The molecule has 0 bridgehead atoms. The van der Waals surface area contributed by atoms with Crippen LogP contribution in [0.3, 0.4) is 0 Å². The van der Waals surface area contributed by atoms with Gasteiger partial charge in [0.05, 0.1) is 5.69 Å². The third-order valence-electron chi connectivity index (χ3n) is 3.70. The quantitative estimate of drug-likeness (QED) is 0.350. The fourth-order valence-corrected chi connectivity index (χ4v) is 2.26. The van der Waals surface area contributed by atoms with Crippen LogP contribution in [-0.4, -0.2) is 18.5 Å². The number of rotatable bonds is 7. The number of anilines is 1. The fourth-order valence-electron chi connectivity index (χ4n) is 2.26. The van der Waals surface area contributed by atoms with E-state index in [1.807, 2.05) is 5.32 Å². The number of nitrogens with one attached hydrogen (secondary N) is 1. The van der Waals surface area contributed by atoms with E-state index in [1.54, 1.807) is 0 Å². The maximum atomic E-state index is 13.5. The molecule has 1 N–H and O–H groups in total. The minimum Gasteiger partial charge on any atom is -0.486 e. The van der Waals surface area contributed by atoms with E-state index < -0.39 is 47.4 Å². The highest BCUT2D eigenvalue weighted by Gasteiger charge is 2.18. The van der Waals surface area contributed by atoms with Gasteiger partial charge in [-0.2, -0.15) is 0 Å². The van der Waals surface area contributed by atoms with Crippen molar-refractivity contribution in [2.45, 2.75) is 6.61 Å². The lowest BCUT2D eigenvalue weighted by atomic mass is 10.3. The van der Waals surface area contributed by atoms with Gasteiger partial charge in [0.15, 0.2) is 24.1 Å². The molecule has 1 heterocycles. The molecule has 10 heteroatoms. The summed E-state index contributed by atoms with van der Waals surface area (Å²) in [4.78, 5) is 23.7. The highest BCUT2D eigenvalue weighted by Crippen LogP contribution is 2.20.